The number of nitrogens with zero attached hydrogens (tertiary/aromatic N) is 3. The summed E-state index contributed by atoms with van der Waals surface area (Å²) in [5.41, 5.74) is 8.08. The molecule has 1 heterocycles. The molecule has 10 rings (SSSR count). The third-order valence-electron chi connectivity index (χ3n) is 10.5. The summed E-state index contributed by atoms with van der Waals surface area (Å²) in [4.78, 5) is 15.2. The van der Waals surface area contributed by atoms with Crippen LogP contribution in [0, 0.1) is 0 Å². The molecule has 0 saturated heterocycles. The van der Waals surface area contributed by atoms with E-state index in [1.165, 1.54) is 60.0 Å². The molecule has 0 spiro atoms. The van der Waals surface area contributed by atoms with Crippen LogP contribution in [0.2, 0.25) is 0 Å². The van der Waals surface area contributed by atoms with Gasteiger partial charge in [0.2, 0.25) is 0 Å². The molecular weight excluding hydrogens is 595 g/mol. The van der Waals surface area contributed by atoms with Crippen LogP contribution >= 0.6 is 0 Å². The van der Waals surface area contributed by atoms with Crippen LogP contribution in [0.25, 0.3) is 88.4 Å². The standard InChI is InChI=1S/C46H31N3/c1-46(2)41-15-9-8-14-39(41)40-27-32(19-25-42(40)46)45-48-43(29-11-4-3-5-12-29)47-44(49-45)31-18-20-34-30(26-31)17-22-38-36(34)24-23-35-33-13-7-6-10-28(33)16-21-37(35)38/h3-27H,1-2H3. The Kier molecular flexibility index (Phi) is 5.92. The summed E-state index contributed by atoms with van der Waals surface area (Å²) in [6, 6.07) is 54.3. The van der Waals surface area contributed by atoms with E-state index < -0.39 is 0 Å². The Morgan fingerprint density at radius 2 is 0.857 bits per heavy atom. The van der Waals surface area contributed by atoms with Crippen LogP contribution in [0.3, 0.4) is 0 Å². The van der Waals surface area contributed by atoms with Crippen molar-refractivity contribution in [3.8, 4) is 45.3 Å². The summed E-state index contributed by atoms with van der Waals surface area (Å²) in [6.45, 7) is 4.61. The largest absolute Gasteiger partial charge is 0.208 e. The van der Waals surface area contributed by atoms with E-state index in [2.05, 4.69) is 147 Å². The molecule has 0 atom stereocenters. The smallest absolute Gasteiger partial charge is 0.164 e. The second-order valence-corrected chi connectivity index (χ2v) is 13.6. The molecule has 0 aliphatic heterocycles. The minimum Gasteiger partial charge on any atom is -0.208 e. The number of rotatable bonds is 3. The van der Waals surface area contributed by atoms with Gasteiger partial charge >= 0.3 is 0 Å². The molecule has 3 nitrogen and oxygen atoms in total. The maximum absolute atomic E-state index is 5.13. The molecular formula is C46H31N3. The highest BCUT2D eigenvalue weighted by Gasteiger charge is 2.35. The molecule has 0 fully saturated rings. The lowest BCUT2D eigenvalue weighted by molar-refractivity contribution is 0.660. The molecule has 1 aliphatic rings. The molecule has 0 amide bonds. The van der Waals surface area contributed by atoms with Gasteiger partial charge in [0.05, 0.1) is 0 Å². The Balaban J connectivity index is 1.13. The first-order valence-corrected chi connectivity index (χ1v) is 16.9. The molecule has 8 aromatic carbocycles. The normalized spacial score (nSPS) is 13.3. The van der Waals surface area contributed by atoms with Crippen LogP contribution in [0.5, 0.6) is 0 Å². The summed E-state index contributed by atoms with van der Waals surface area (Å²) in [5, 5.41) is 9.99. The molecule has 1 aliphatic carbocycles. The van der Waals surface area contributed by atoms with E-state index in [1.807, 2.05) is 18.2 Å². The number of hydrogen-bond acceptors (Lipinski definition) is 3. The van der Waals surface area contributed by atoms with E-state index in [4.69, 9.17) is 15.0 Å². The molecule has 1 aromatic heterocycles. The van der Waals surface area contributed by atoms with Crippen molar-refractivity contribution in [2.75, 3.05) is 0 Å². The zero-order valence-electron chi connectivity index (χ0n) is 27.3. The highest BCUT2D eigenvalue weighted by Crippen LogP contribution is 2.49. The summed E-state index contributed by atoms with van der Waals surface area (Å²) >= 11 is 0. The minimum absolute atomic E-state index is 0.0563. The van der Waals surface area contributed by atoms with Crippen molar-refractivity contribution in [3.63, 3.8) is 0 Å². The van der Waals surface area contributed by atoms with Gasteiger partial charge in [0, 0.05) is 22.1 Å². The van der Waals surface area contributed by atoms with Crippen LogP contribution in [-0.2, 0) is 5.41 Å². The molecule has 9 aromatic rings. The topological polar surface area (TPSA) is 38.7 Å². The molecule has 49 heavy (non-hydrogen) atoms. The van der Waals surface area contributed by atoms with Crippen molar-refractivity contribution in [2.24, 2.45) is 0 Å². The van der Waals surface area contributed by atoms with Crippen molar-refractivity contribution in [1.29, 1.82) is 0 Å². The third-order valence-corrected chi connectivity index (χ3v) is 10.5. The van der Waals surface area contributed by atoms with E-state index >= 15 is 0 Å². The van der Waals surface area contributed by atoms with E-state index in [0.29, 0.717) is 17.5 Å². The van der Waals surface area contributed by atoms with Crippen molar-refractivity contribution in [1.82, 2.24) is 15.0 Å². The van der Waals surface area contributed by atoms with Crippen LogP contribution < -0.4 is 0 Å². The molecule has 0 bridgehead atoms. The third kappa shape index (κ3) is 4.25. The first-order valence-electron chi connectivity index (χ1n) is 16.9. The van der Waals surface area contributed by atoms with Gasteiger partial charge in [0.15, 0.2) is 17.5 Å². The fourth-order valence-electron chi connectivity index (χ4n) is 7.99. The second-order valence-electron chi connectivity index (χ2n) is 13.6. The van der Waals surface area contributed by atoms with Gasteiger partial charge in [0.25, 0.3) is 0 Å². The van der Waals surface area contributed by atoms with Gasteiger partial charge in [-0.2, -0.15) is 0 Å². The SMILES string of the molecule is CC1(C)c2ccccc2-c2cc(-c3nc(-c4ccccc4)nc(-c4ccc5c(ccc6c5ccc5c7ccccc7ccc56)c4)n3)ccc21. The Morgan fingerprint density at radius 3 is 1.63 bits per heavy atom. The summed E-state index contributed by atoms with van der Waals surface area (Å²) in [5.74, 6) is 2.00. The molecule has 0 N–H and O–H groups in total. The van der Waals surface area contributed by atoms with Crippen molar-refractivity contribution in [2.45, 2.75) is 19.3 Å². The first kappa shape index (κ1) is 27.9. The predicted octanol–water partition coefficient (Wildman–Crippen LogP) is 11.8. The van der Waals surface area contributed by atoms with Crippen LogP contribution in [-0.4, -0.2) is 15.0 Å². The number of fused-ring (bicyclic) bond motifs is 10. The first-order chi connectivity index (χ1) is 24.0. The number of aromatic nitrogens is 3. The van der Waals surface area contributed by atoms with E-state index in [9.17, 15) is 0 Å². The van der Waals surface area contributed by atoms with Crippen molar-refractivity contribution in [3.05, 3.63) is 163 Å². The summed E-state index contributed by atoms with van der Waals surface area (Å²) < 4.78 is 0. The zero-order valence-corrected chi connectivity index (χ0v) is 27.3. The molecule has 0 radical (unpaired) electrons. The fourth-order valence-corrected chi connectivity index (χ4v) is 7.99. The maximum atomic E-state index is 5.13. The highest BCUT2D eigenvalue weighted by molar-refractivity contribution is 6.22. The van der Waals surface area contributed by atoms with Gasteiger partial charge in [-0.1, -0.05) is 153 Å². The maximum Gasteiger partial charge on any atom is 0.164 e. The quantitative estimate of drug-likeness (QED) is 0.183. The summed E-state index contributed by atoms with van der Waals surface area (Å²) in [6.07, 6.45) is 0. The van der Waals surface area contributed by atoms with Gasteiger partial charge in [-0.15, -0.1) is 0 Å². The second kappa shape index (κ2) is 10.4. The van der Waals surface area contributed by atoms with E-state index in [1.54, 1.807) is 0 Å². The Labute approximate surface area is 284 Å². The molecule has 0 unspecified atom stereocenters. The van der Waals surface area contributed by atoms with E-state index in [-0.39, 0.29) is 5.41 Å². The minimum atomic E-state index is -0.0563. The molecule has 3 heteroatoms. The lowest BCUT2D eigenvalue weighted by atomic mass is 9.82. The van der Waals surface area contributed by atoms with Gasteiger partial charge < -0.3 is 0 Å². The lowest BCUT2D eigenvalue weighted by Crippen LogP contribution is -2.14. The highest BCUT2D eigenvalue weighted by atomic mass is 15.0. The monoisotopic (exact) mass is 625 g/mol. The number of benzene rings is 8. The zero-order chi connectivity index (χ0) is 32.7. The average molecular weight is 626 g/mol. The van der Waals surface area contributed by atoms with Gasteiger partial charge in [-0.25, -0.2) is 15.0 Å². The summed E-state index contributed by atoms with van der Waals surface area (Å²) in [7, 11) is 0. The lowest BCUT2D eigenvalue weighted by Gasteiger charge is -2.21. The van der Waals surface area contributed by atoms with Crippen molar-refractivity contribution < 1.29 is 0 Å². The molecule has 0 saturated carbocycles. The van der Waals surface area contributed by atoms with Crippen molar-refractivity contribution >= 4 is 43.1 Å². The molecule has 230 valence electrons. The van der Waals surface area contributed by atoms with Gasteiger partial charge in [-0.3, -0.25) is 0 Å². The van der Waals surface area contributed by atoms with E-state index in [0.717, 1.165) is 22.1 Å². The van der Waals surface area contributed by atoms with Gasteiger partial charge in [-0.05, 0) is 77.5 Å². The van der Waals surface area contributed by atoms with Crippen LogP contribution in [0.15, 0.2) is 152 Å². The Bertz CT molecular complexity index is 2800. The van der Waals surface area contributed by atoms with Crippen LogP contribution in [0.4, 0.5) is 0 Å². The fraction of sp³-hybridized carbons (Fsp3) is 0.0652. The Hall–Kier alpha value is -6.19. The predicted molar refractivity (Wildman–Crippen MR) is 204 cm³/mol. The number of hydrogen-bond donors (Lipinski definition) is 0. The average Bonchev–Trinajstić information content (AvgIpc) is 3.39. The van der Waals surface area contributed by atoms with Crippen LogP contribution in [0.1, 0.15) is 25.0 Å². The Morgan fingerprint density at radius 1 is 0.347 bits per heavy atom. The van der Waals surface area contributed by atoms with Gasteiger partial charge in [0.1, 0.15) is 0 Å².